The van der Waals surface area contributed by atoms with Crippen LogP contribution in [0.2, 0.25) is 0 Å². The second kappa shape index (κ2) is 5.94. The molecule has 1 N–H and O–H groups in total. The van der Waals surface area contributed by atoms with Crippen LogP contribution >= 0.6 is 11.3 Å². The van der Waals surface area contributed by atoms with Crippen LogP contribution in [0.25, 0.3) is 10.9 Å². The van der Waals surface area contributed by atoms with E-state index in [0.717, 1.165) is 34.3 Å². The quantitative estimate of drug-likeness (QED) is 0.576. The minimum atomic E-state index is -3.58. The SMILES string of the molecule is CCn1cc(/C=N/NS(=O)(=O)c2cccs2)c2ccccc21. The van der Waals surface area contributed by atoms with Gasteiger partial charge in [-0.1, -0.05) is 24.3 Å². The summed E-state index contributed by atoms with van der Waals surface area (Å²) in [6.07, 6.45) is 3.51. The highest BCUT2D eigenvalue weighted by Gasteiger charge is 2.13. The first-order valence-corrected chi connectivity index (χ1v) is 9.14. The molecule has 0 aliphatic rings. The molecule has 1 aromatic carbocycles. The van der Waals surface area contributed by atoms with Gasteiger partial charge >= 0.3 is 0 Å². The molecule has 0 bridgehead atoms. The van der Waals surface area contributed by atoms with Crippen LogP contribution in [0.3, 0.4) is 0 Å². The number of benzene rings is 1. The van der Waals surface area contributed by atoms with Crippen molar-refractivity contribution in [3.05, 3.63) is 53.5 Å². The number of nitrogens with one attached hydrogen (secondary N) is 1. The summed E-state index contributed by atoms with van der Waals surface area (Å²) < 4.78 is 26.3. The Kier molecular flexibility index (Phi) is 4.00. The first-order valence-electron chi connectivity index (χ1n) is 6.78. The Labute approximate surface area is 133 Å². The van der Waals surface area contributed by atoms with Crippen LogP contribution in [0.4, 0.5) is 0 Å². The van der Waals surface area contributed by atoms with Crippen LogP contribution in [0.1, 0.15) is 12.5 Å². The summed E-state index contributed by atoms with van der Waals surface area (Å²) in [6.45, 7) is 2.90. The predicted octanol–water partition coefficient (Wildman–Crippen LogP) is 3.04. The Morgan fingerprint density at radius 2 is 2.09 bits per heavy atom. The van der Waals surface area contributed by atoms with E-state index in [9.17, 15) is 8.42 Å². The molecule has 2 aromatic heterocycles. The number of aromatic nitrogens is 1. The van der Waals surface area contributed by atoms with Gasteiger partial charge in [-0.05, 0) is 24.4 Å². The van der Waals surface area contributed by atoms with Crippen LogP contribution in [0, 0.1) is 0 Å². The summed E-state index contributed by atoms with van der Waals surface area (Å²) in [5.41, 5.74) is 1.99. The number of hydrogen-bond acceptors (Lipinski definition) is 4. The number of hydrogen-bond donors (Lipinski definition) is 1. The molecule has 0 saturated heterocycles. The summed E-state index contributed by atoms with van der Waals surface area (Å²) in [5, 5.41) is 6.66. The standard InChI is InChI=1S/C15H15N3O2S2/c1-2-18-11-12(13-6-3-4-7-14(13)18)10-16-17-22(19,20)15-8-5-9-21-15/h3-11,17H,2H2,1H3/b16-10+. The van der Waals surface area contributed by atoms with Gasteiger partial charge in [0.2, 0.25) is 0 Å². The number of sulfonamides is 1. The number of thiophene rings is 1. The molecule has 7 heteroatoms. The lowest BCUT2D eigenvalue weighted by Gasteiger charge is -1.98. The molecule has 0 saturated carbocycles. The molecule has 0 spiro atoms. The summed E-state index contributed by atoms with van der Waals surface area (Å²) >= 11 is 1.16. The number of aryl methyl sites for hydroxylation is 1. The third-order valence-electron chi connectivity index (χ3n) is 3.30. The molecule has 0 radical (unpaired) electrons. The van der Waals surface area contributed by atoms with Crippen LogP contribution in [-0.4, -0.2) is 19.2 Å². The molecule has 2 heterocycles. The van der Waals surface area contributed by atoms with Gasteiger partial charge in [-0.2, -0.15) is 18.4 Å². The third kappa shape index (κ3) is 2.77. The number of hydrazone groups is 1. The molecular weight excluding hydrogens is 318 g/mol. The zero-order valence-corrected chi connectivity index (χ0v) is 13.6. The summed E-state index contributed by atoms with van der Waals surface area (Å²) in [6, 6.07) is 11.2. The van der Waals surface area contributed by atoms with Crippen molar-refractivity contribution in [2.24, 2.45) is 5.10 Å². The molecule has 0 aliphatic carbocycles. The average molecular weight is 333 g/mol. The highest BCUT2D eigenvalue weighted by Crippen LogP contribution is 2.20. The lowest BCUT2D eigenvalue weighted by Crippen LogP contribution is -2.17. The summed E-state index contributed by atoms with van der Waals surface area (Å²) in [5.74, 6) is 0. The molecule has 0 atom stereocenters. The predicted molar refractivity (Wildman–Crippen MR) is 89.8 cm³/mol. The van der Waals surface area contributed by atoms with E-state index < -0.39 is 10.0 Å². The maximum absolute atomic E-state index is 12.0. The second-order valence-electron chi connectivity index (χ2n) is 4.67. The van der Waals surface area contributed by atoms with Crippen molar-refractivity contribution in [1.29, 1.82) is 0 Å². The van der Waals surface area contributed by atoms with Crippen molar-refractivity contribution in [1.82, 2.24) is 9.40 Å². The van der Waals surface area contributed by atoms with Gasteiger partial charge in [-0.15, -0.1) is 11.3 Å². The van der Waals surface area contributed by atoms with Crippen molar-refractivity contribution in [3.63, 3.8) is 0 Å². The molecule has 114 valence electrons. The van der Waals surface area contributed by atoms with Crippen LogP contribution < -0.4 is 4.83 Å². The van der Waals surface area contributed by atoms with Gasteiger partial charge in [-0.3, -0.25) is 0 Å². The highest BCUT2D eigenvalue weighted by atomic mass is 32.2. The van der Waals surface area contributed by atoms with E-state index in [1.807, 2.05) is 30.5 Å². The van der Waals surface area contributed by atoms with Crippen molar-refractivity contribution < 1.29 is 8.42 Å². The van der Waals surface area contributed by atoms with E-state index in [4.69, 9.17) is 0 Å². The third-order valence-corrected chi connectivity index (χ3v) is 5.92. The molecule has 5 nitrogen and oxygen atoms in total. The zero-order valence-electron chi connectivity index (χ0n) is 11.9. The molecule has 3 aromatic rings. The molecule has 0 amide bonds. The lowest BCUT2D eigenvalue weighted by molar-refractivity contribution is 0.587. The van der Waals surface area contributed by atoms with E-state index in [1.54, 1.807) is 23.7 Å². The fraction of sp³-hybridized carbons (Fsp3) is 0.133. The number of nitrogens with zero attached hydrogens (tertiary/aromatic N) is 2. The van der Waals surface area contributed by atoms with Gasteiger partial charge in [0.25, 0.3) is 10.0 Å². The zero-order chi connectivity index (χ0) is 15.6. The summed E-state index contributed by atoms with van der Waals surface area (Å²) in [7, 11) is -3.58. The minimum Gasteiger partial charge on any atom is -0.347 e. The lowest BCUT2D eigenvalue weighted by atomic mass is 10.2. The maximum Gasteiger partial charge on any atom is 0.286 e. The van der Waals surface area contributed by atoms with Gasteiger partial charge in [0.15, 0.2) is 0 Å². The molecule has 0 fully saturated rings. The van der Waals surface area contributed by atoms with E-state index in [-0.39, 0.29) is 4.21 Å². The second-order valence-corrected chi connectivity index (χ2v) is 7.51. The van der Waals surface area contributed by atoms with Crippen LogP contribution in [0.15, 0.2) is 57.3 Å². The summed E-state index contributed by atoms with van der Waals surface area (Å²) in [4.78, 5) is 2.24. The van der Waals surface area contributed by atoms with E-state index in [1.165, 1.54) is 0 Å². The van der Waals surface area contributed by atoms with Gasteiger partial charge < -0.3 is 4.57 Å². The number of rotatable bonds is 5. The van der Waals surface area contributed by atoms with E-state index in [2.05, 4.69) is 21.4 Å². The van der Waals surface area contributed by atoms with Gasteiger partial charge in [0, 0.05) is 29.2 Å². The number of fused-ring (bicyclic) bond motifs is 1. The van der Waals surface area contributed by atoms with Crippen molar-refractivity contribution in [2.45, 2.75) is 17.7 Å². The highest BCUT2D eigenvalue weighted by molar-refractivity contribution is 7.91. The largest absolute Gasteiger partial charge is 0.347 e. The molecular formula is C15H15N3O2S2. The first kappa shape index (κ1) is 14.8. The Hall–Kier alpha value is -2.12. The average Bonchev–Trinajstić information content (AvgIpc) is 3.15. The molecule has 0 unspecified atom stereocenters. The Morgan fingerprint density at radius 1 is 1.27 bits per heavy atom. The molecule has 3 rings (SSSR count). The minimum absolute atomic E-state index is 0.251. The Morgan fingerprint density at radius 3 is 2.82 bits per heavy atom. The van der Waals surface area contributed by atoms with Crippen LogP contribution in [0.5, 0.6) is 0 Å². The van der Waals surface area contributed by atoms with Gasteiger partial charge in [0.1, 0.15) is 4.21 Å². The Balaban J connectivity index is 1.88. The van der Waals surface area contributed by atoms with E-state index in [0.29, 0.717) is 0 Å². The number of para-hydroxylation sites is 1. The maximum atomic E-state index is 12.0. The Bertz CT molecular complexity index is 910. The van der Waals surface area contributed by atoms with Gasteiger partial charge in [0.05, 0.1) is 6.21 Å². The normalized spacial score (nSPS) is 12.2. The van der Waals surface area contributed by atoms with Crippen molar-refractivity contribution in [3.8, 4) is 0 Å². The molecule has 0 aliphatic heterocycles. The van der Waals surface area contributed by atoms with Crippen LogP contribution in [-0.2, 0) is 16.6 Å². The fourth-order valence-corrected chi connectivity index (χ4v) is 4.04. The monoisotopic (exact) mass is 333 g/mol. The van der Waals surface area contributed by atoms with Crippen molar-refractivity contribution >= 4 is 38.5 Å². The smallest absolute Gasteiger partial charge is 0.286 e. The van der Waals surface area contributed by atoms with Crippen molar-refractivity contribution in [2.75, 3.05) is 0 Å². The fourth-order valence-electron chi connectivity index (χ4n) is 2.27. The van der Waals surface area contributed by atoms with E-state index >= 15 is 0 Å². The molecule has 22 heavy (non-hydrogen) atoms. The topological polar surface area (TPSA) is 63.5 Å². The van der Waals surface area contributed by atoms with Gasteiger partial charge in [-0.25, -0.2) is 0 Å². The first-order chi connectivity index (χ1) is 10.6.